The second-order valence-corrected chi connectivity index (χ2v) is 11.2. The average Bonchev–Trinajstić information content (AvgIpc) is 3.58. The smallest absolute Gasteiger partial charge is 0.255 e. The van der Waals surface area contributed by atoms with Gasteiger partial charge in [-0.1, -0.05) is 60.1 Å². The fourth-order valence-electron chi connectivity index (χ4n) is 7.12. The Hall–Kier alpha value is -3.76. The Bertz CT molecular complexity index is 1490. The van der Waals surface area contributed by atoms with Crippen molar-refractivity contribution in [3.63, 3.8) is 0 Å². The van der Waals surface area contributed by atoms with Gasteiger partial charge < -0.3 is 15.4 Å². The molecule has 2 fully saturated rings. The van der Waals surface area contributed by atoms with E-state index >= 15 is 0 Å². The van der Waals surface area contributed by atoms with Crippen molar-refractivity contribution in [3.8, 4) is 11.5 Å². The first-order valence-electron chi connectivity index (χ1n) is 13.4. The maximum Gasteiger partial charge on any atom is 0.255 e. The topological polar surface area (TPSA) is 50.4 Å². The van der Waals surface area contributed by atoms with Gasteiger partial charge in [-0.15, -0.1) is 0 Å². The molecule has 190 valence electrons. The van der Waals surface area contributed by atoms with Crippen molar-refractivity contribution in [2.75, 3.05) is 10.6 Å². The van der Waals surface area contributed by atoms with E-state index in [4.69, 9.17) is 16.3 Å². The van der Waals surface area contributed by atoms with Gasteiger partial charge in [-0.2, -0.15) is 0 Å². The van der Waals surface area contributed by atoms with E-state index in [0.717, 1.165) is 11.6 Å². The summed E-state index contributed by atoms with van der Waals surface area (Å²) in [5.41, 5.74) is 4.99. The van der Waals surface area contributed by atoms with Crippen molar-refractivity contribution in [1.82, 2.24) is 0 Å². The summed E-state index contributed by atoms with van der Waals surface area (Å²) in [5, 5.41) is 7.45. The molecule has 0 aromatic heterocycles. The number of benzene rings is 4. The molecule has 1 aliphatic heterocycles. The van der Waals surface area contributed by atoms with Gasteiger partial charge >= 0.3 is 0 Å². The summed E-state index contributed by atoms with van der Waals surface area (Å²) in [4.78, 5) is 13.5. The third kappa shape index (κ3) is 4.13. The number of ether oxygens (including phenoxy) is 1. The van der Waals surface area contributed by atoms with Gasteiger partial charge in [-0.05, 0) is 103 Å². The predicted octanol–water partition coefficient (Wildman–Crippen LogP) is 8.68. The highest BCUT2D eigenvalue weighted by Gasteiger charge is 2.53. The fraction of sp³-hybridized carbons (Fsp3) is 0.242. The van der Waals surface area contributed by atoms with E-state index in [2.05, 4.69) is 53.1 Å². The lowest BCUT2D eigenvalue weighted by atomic mass is 9.68. The molecular weight excluding hydrogens is 492 g/mol. The highest BCUT2D eigenvalue weighted by molar-refractivity contribution is 6.31. The van der Waals surface area contributed by atoms with Crippen molar-refractivity contribution in [2.45, 2.75) is 31.2 Å². The van der Waals surface area contributed by atoms with Gasteiger partial charge in [0.15, 0.2) is 5.75 Å². The molecule has 7 rings (SSSR count). The van der Waals surface area contributed by atoms with E-state index in [1.807, 2.05) is 36.4 Å². The lowest BCUT2D eigenvalue weighted by Crippen LogP contribution is -2.35. The molecule has 0 radical (unpaired) electrons. The van der Waals surface area contributed by atoms with E-state index < -0.39 is 0 Å². The Labute approximate surface area is 228 Å². The van der Waals surface area contributed by atoms with Gasteiger partial charge in [-0.3, -0.25) is 4.79 Å². The van der Waals surface area contributed by atoms with Crippen LogP contribution in [-0.4, -0.2) is 5.91 Å². The van der Waals surface area contributed by atoms with Gasteiger partial charge in [0.1, 0.15) is 5.75 Å². The molecule has 5 heteroatoms. The fourth-order valence-corrected chi connectivity index (χ4v) is 7.29. The van der Waals surface area contributed by atoms with Crippen LogP contribution in [0, 0.1) is 17.8 Å². The SMILES string of the molecule is O=C(Nc1cc(Cl)ccc1Oc1ccccc1)c1ccc2c(c1)[C@@H]1[C@H]3CC[C@@H](C3)[C@@H]1[C@H](c1ccccc1)N2. The van der Waals surface area contributed by atoms with E-state index in [1.165, 1.54) is 30.4 Å². The van der Waals surface area contributed by atoms with Crippen molar-refractivity contribution >= 4 is 28.9 Å². The number of rotatable bonds is 5. The number of anilines is 2. The van der Waals surface area contributed by atoms with E-state index in [0.29, 0.717) is 51.6 Å². The second-order valence-electron chi connectivity index (χ2n) is 10.8. The lowest BCUT2D eigenvalue weighted by Gasteiger charge is -2.43. The van der Waals surface area contributed by atoms with Crippen LogP contribution in [-0.2, 0) is 0 Å². The largest absolute Gasteiger partial charge is 0.455 e. The molecule has 2 N–H and O–H groups in total. The van der Waals surface area contributed by atoms with Gasteiger partial charge in [0.2, 0.25) is 0 Å². The van der Waals surface area contributed by atoms with Crippen LogP contribution in [0.25, 0.3) is 0 Å². The molecule has 2 aliphatic carbocycles. The Morgan fingerprint density at radius 3 is 2.45 bits per heavy atom. The maximum atomic E-state index is 13.5. The van der Waals surface area contributed by atoms with Crippen molar-refractivity contribution < 1.29 is 9.53 Å². The minimum absolute atomic E-state index is 0.169. The zero-order valence-electron chi connectivity index (χ0n) is 20.9. The zero-order chi connectivity index (χ0) is 25.6. The van der Waals surface area contributed by atoms with Gasteiger partial charge in [0.25, 0.3) is 5.91 Å². The van der Waals surface area contributed by atoms with E-state index in [1.54, 1.807) is 18.2 Å². The normalized spacial score (nSPS) is 24.7. The summed E-state index contributed by atoms with van der Waals surface area (Å²) in [6.07, 6.45) is 3.89. The molecule has 4 aromatic carbocycles. The molecule has 0 unspecified atom stereocenters. The van der Waals surface area contributed by atoms with Crippen LogP contribution in [0.3, 0.4) is 0 Å². The molecule has 1 amide bonds. The third-order valence-electron chi connectivity index (χ3n) is 8.67. The highest BCUT2D eigenvalue weighted by atomic mass is 35.5. The lowest BCUT2D eigenvalue weighted by molar-refractivity contribution is 0.102. The summed E-state index contributed by atoms with van der Waals surface area (Å²) in [6.45, 7) is 0. The number of hydrogen-bond acceptors (Lipinski definition) is 3. The van der Waals surface area contributed by atoms with Crippen LogP contribution in [0.4, 0.5) is 11.4 Å². The molecule has 2 bridgehead atoms. The quantitative estimate of drug-likeness (QED) is 0.277. The summed E-state index contributed by atoms with van der Waals surface area (Å²) in [7, 11) is 0. The molecule has 4 nitrogen and oxygen atoms in total. The number of carbonyl (C=O) groups is 1. The molecule has 0 saturated heterocycles. The van der Waals surface area contributed by atoms with Crippen LogP contribution < -0.4 is 15.4 Å². The average molecular weight is 521 g/mol. The van der Waals surface area contributed by atoms with Gasteiger partial charge in [-0.25, -0.2) is 0 Å². The van der Waals surface area contributed by atoms with Crippen LogP contribution >= 0.6 is 11.6 Å². The van der Waals surface area contributed by atoms with Gasteiger partial charge in [0, 0.05) is 16.3 Å². The van der Waals surface area contributed by atoms with E-state index in [9.17, 15) is 4.79 Å². The Morgan fingerprint density at radius 1 is 0.868 bits per heavy atom. The predicted molar refractivity (Wildman–Crippen MR) is 152 cm³/mol. The number of hydrogen-bond donors (Lipinski definition) is 2. The van der Waals surface area contributed by atoms with Crippen LogP contribution in [0.15, 0.2) is 97.1 Å². The summed E-state index contributed by atoms with van der Waals surface area (Å²) in [5.74, 6) is 3.53. The molecule has 4 aromatic rings. The van der Waals surface area contributed by atoms with Crippen molar-refractivity contribution in [3.05, 3.63) is 119 Å². The highest BCUT2D eigenvalue weighted by Crippen LogP contribution is 2.63. The molecule has 2 saturated carbocycles. The van der Waals surface area contributed by atoms with Crippen molar-refractivity contribution in [1.29, 1.82) is 0 Å². The zero-order valence-corrected chi connectivity index (χ0v) is 21.7. The first-order chi connectivity index (χ1) is 18.6. The Kier molecular flexibility index (Phi) is 5.85. The summed E-state index contributed by atoms with van der Waals surface area (Å²) >= 11 is 6.29. The van der Waals surface area contributed by atoms with Gasteiger partial charge in [0.05, 0.1) is 11.7 Å². The minimum Gasteiger partial charge on any atom is -0.455 e. The first kappa shape index (κ1) is 23.4. The molecular formula is C33H29ClN2O2. The minimum atomic E-state index is -0.169. The number of halogens is 1. The number of fused-ring (bicyclic) bond motifs is 7. The Balaban J connectivity index is 1.19. The van der Waals surface area contributed by atoms with Crippen molar-refractivity contribution in [2.24, 2.45) is 17.8 Å². The standard InChI is InChI=1S/C33H29ClN2O2/c34-24-14-16-29(38-25-9-5-2-6-10-25)28(19-24)36-33(37)23-13-15-27-26(18-23)30-21-11-12-22(17-21)31(30)32(35-27)20-7-3-1-4-8-20/h1-10,13-16,18-19,21-22,30-32,35H,11-12,17H2,(H,36,37)/t21-,22-,30-,31-,32-/m0/s1. The Morgan fingerprint density at radius 2 is 1.63 bits per heavy atom. The molecule has 1 heterocycles. The maximum absolute atomic E-state index is 13.5. The second kappa shape index (κ2) is 9.52. The monoisotopic (exact) mass is 520 g/mol. The molecule has 38 heavy (non-hydrogen) atoms. The summed E-state index contributed by atoms with van der Waals surface area (Å²) < 4.78 is 6.05. The summed E-state index contributed by atoms with van der Waals surface area (Å²) in [6, 6.07) is 32.1. The molecule has 0 spiro atoms. The van der Waals surface area contributed by atoms with E-state index in [-0.39, 0.29) is 5.91 Å². The van der Waals surface area contributed by atoms with Crippen LogP contribution in [0.2, 0.25) is 5.02 Å². The number of amides is 1. The van der Waals surface area contributed by atoms with Crippen LogP contribution in [0.1, 0.15) is 52.7 Å². The number of para-hydroxylation sites is 1. The third-order valence-corrected chi connectivity index (χ3v) is 8.90. The molecule has 3 aliphatic rings. The number of carbonyl (C=O) groups excluding carboxylic acids is 1. The molecule has 5 atom stereocenters. The first-order valence-corrected chi connectivity index (χ1v) is 13.8. The van der Waals surface area contributed by atoms with Crippen LogP contribution in [0.5, 0.6) is 11.5 Å². The number of nitrogens with one attached hydrogen (secondary N) is 2.